The molecule has 1 aliphatic rings. The molecular formula is C19H21NO3S2. The van der Waals surface area contributed by atoms with E-state index in [-0.39, 0.29) is 12.5 Å². The quantitative estimate of drug-likeness (QED) is 0.796. The summed E-state index contributed by atoms with van der Waals surface area (Å²) in [5, 5.41) is 2.88. The summed E-state index contributed by atoms with van der Waals surface area (Å²) >= 11 is 3.85. The monoisotopic (exact) mass is 375 g/mol. The lowest BCUT2D eigenvalue weighted by atomic mass is 10.2. The predicted molar refractivity (Wildman–Crippen MR) is 104 cm³/mol. The maximum absolute atomic E-state index is 12.1. The van der Waals surface area contributed by atoms with Gasteiger partial charge in [-0.15, -0.1) is 23.5 Å². The summed E-state index contributed by atoms with van der Waals surface area (Å²) in [6.45, 7) is 0.497. The number of para-hydroxylation sites is 1. The first-order valence-corrected chi connectivity index (χ1v) is 10.2. The fourth-order valence-electron chi connectivity index (χ4n) is 2.48. The number of methoxy groups -OCH3 is 1. The zero-order valence-electron chi connectivity index (χ0n) is 14.1. The number of carbonyl (C=O) groups excluding carboxylic acids is 1. The highest BCUT2D eigenvalue weighted by Crippen LogP contribution is 2.48. The van der Waals surface area contributed by atoms with Gasteiger partial charge in [0.2, 0.25) is 0 Å². The SMILES string of the molecule is COc1ccc(CNC(=O)COc2ccccc2C2SCCS2)cc1. The predicted octanol–water partition coefficient (Wildman–Crippen LogP) is 3.87. The minimum atomic E-state index is -0.127. The topological polar surface area (TPSA) is 47.6 Å². The van der Waals surface area contributed by atoms with Gasteiger partial charge >= 0.3 is 0 Å². The number of amides is 1. The molecule has 0 radical (unpaired) electrons. The fourth-order valence-corrected chi connectivity index (χ4v) is 5.39. The summed E-state index contributed by atoms with van der Waals surface area (Å²) in [6.07, 6.45) is 0. The molecule has 0 unspecified atom stereocenters. The first-order chi connectivity index (χ1) is 12.3. The van der Waals surface area contributed by atoms with Crippen LogP contribution < -0.4 is 14.8 Å². The first kappa shape index (κ1) is 18.0. The Bertz CT molecular complexity index is 700. The Balaban J connectivity index is 1.50. The second kappa shape index (κ2) is 9.06. The molecule has 0 saturated carbocycles. The smallest absolute Gasteiger partial charge is 0.258 e. The molecule has 0 atom stereocenters. The third-order valence-corrected chi connectivity index (χ3v) is 6.87. The molecule has 1 aliphatic heterocycles. The number of thioether (sulfide) groups is 2. The van der Waals surface area contributed by atoms with Crippen molar-refractivity contribution in [2.75, 3.05) is 25.2 Å². The normalized spacial score (nSPS) is 14.3. The number of nitrogens with one attached hydrogen (secondary N) is 1. The number of ether oxygens (including phenoxy) is 2. The highest BCUT2D eigenvalue weighted by Gasteiger charge is 2.21. The first-order valence-electron chi connectivity index (χ1n) is 8.11. The Morgan fingerprint density at radius 3 is 2.56 bits per heavy atom. The fraction of sp³-hybridized carbons (Fsp3) is 0.316. The highest BCUT2D eigenvalue weighted by atomic mass is 32.2. The van der Waals surface area contributed by atoms with Crippen molar-refractivity contribution >= 4 is 29.4 Å². The maximum atomic E-state index is 12.1. The van der Waals surface area contributed by atoms with E-state index in [1.807, 2.05) is 66.0 Å². The lowest BCUT2D eigenvalue weighted by Gasteiger charge is -2.15. The minimum absolute atomic E-state index is 0.0230. The molecule has 6 heteroatoms. The lowest BCUT2D eigenvalue weighted by Crippen LogP contribution is -2.28. The molecule has 25 heavy (non-hydrogen) atoms. The summed E-state index contributed by atoms with van der Waals surface area (Å²) in [4.78, 5) is 12.1. The van der Waals surface area contributed by atoms with Crippen LogP contribution in [0.5, 0.6) is 11.5 Å². The Morgan fingerprint density at radius 2 is 1.84 bits per heavy atom. The number of hydrogen-bond acceptors (Lipinski definition) is 5. The van der Waals surface area contributed by atoms with Crippen molar-refractivity contribution in [3.8, 4) is 11.5 Å². The average Bonchev–Trinajstić information content (AvgIpc) is 3.20. The minimum Gasteiger partial charge on any atom is -0.497 e. The van der Waals surface area contributed by atoms with E-state index in [0.29, 0.717) is 11.1 Å². The molecule has 0 aromatic heterocycles. The number of rotatable bonds is 7. The van der Waals surface area contributed by atoms with Gasteiger partial charge < -0.3 is 14.8 Å². The maximum Gasteiger partial charge on any atom is 0.258 e. The summed E-state index contributed by atoms with van der Waals surface area (Å²) in [5.74, 6) is 3.79. The summed E-state index contributed by atoms with van der Waals surface area (Å²) in [6, 6.07) is 15.6. The van der Waals surface area contributed by atoms with E-state index in [4.69, 9.17) is 9.47 Å². The van der Waals surface area contributed by atoms with Gasteiger partial charge in [0.25, 0.3) is 5.91 Å². The van der Waals surface area contributed by atoms with E-state index in [1.54, 1.807) is 7.11 Å². The van der Waals surface area contributed by atoms with E-state index < -0.39 is 0 Å². The van der Waals surface area contributed by atoms with Gasteiger partial charge in [-0.25, -0.2) is 0 Å². The van der Waals surface area contributed by atoms with E-state index in [1.165, 1.54) is 0 Å². The van der Waals surface area contributed by atoms with Crippen molar-refractivity contribution < 1.29 is 14.3 Å². The average molecular weight is 376 g/mol. The van der Waals surface area contributed by atoms with Gasteiger partial charge in [-0.05, 0) is 23.8 Å². The molecule has 0 bridgehead atoms. The molecule has 0 spiro atoms. The van der Waals surface area contributed by atoms with Crippen LogP contribution in [-0.4, -0.2) is 31.1 Å². The van der Waals surface area contributed by atoms with Crippen LogP contribution in [0, 0.1) is 0 Å². The van der Waals surface area contributed by atoms with Crippen LogP contribution in [0.2, 0.25) is 0 Å². The third kappa shape index (κ3) is 5.09. The standard InChI is InChI=1S/C19H21NO3S2/c1-22-15-8-6-14(7-9-15)12-20-18(21)13-23-17-5-3-2-4-16(17)19-24-10-11-25-19/h2-9,19H,10-13H2,1H3,(H,20,21). The molecule has 1 amide bonds. The van der Waals surface area contributed by atoms with Crippen LogP contribution in [-0.2, 0) is 11.3 Å². The number of carbonyl (C=O) groups is 1. The van der Waals surface area contributed by atoms with Gasteiger partial charge in [0.05, 0.1) is 11.7 Å². The van der Waals surface area contributed by atoms with Crippen molar-refractivity contribution in [2.45, 2.75) is 11.1 Å². The molecule has 0 aliphatic carbocycles. The summed E-state index contributed by atoms with van der Waals surface area (Å²) in [7, 11) is 1.63. The molecule has 3 rings (SSSR count). The number of hydrogen-bond donors (Lipinski definition) is 1. The second-order valence-electron chi connectivity index (χ2n) is 5.52. The zero-order valence-corrected chi connectivity index (χ0v) is 15.7. The molecule has 1 fully saturated rings. The van der Waals surface area contributed by atoms with E-state index in [2.05, 4.69) is 11.4 Å². The molecule has 1 saturated heterocycles. The van der Waals surface area contributed by atoms with Gasteiger partial charge in [0.1, 0.15) is 11.5 Å². The van der Waals surface area contributed by atoms with Gasteiger partial charge in [0, 0.05) is 23.6 Å². The highest BCUT2D eigenvalue weighted by molar-refractivity contribution is 8.19. The van der Waals surface area contributed by atoms with E-state index in [0.717, 1.165) is 34.1 Å². The molecule has 4 nitrogen and oxygen atoms in total. The van der Waals surface area contributed by atoms with Crippen molar-refractivity contribution in [3.05, 3.63) is 59.7 Å². The largest absolute Gasteiger partial charge is 0.497 e. The molecule has 1 heterocycles. The van der Waals surface area contributed by atoms with Crippen molar-refractivity contribution in [1.29, 1.82) is 0 Å². The van der Waals surface area contributed by atoms with Gasteiger partial charge in [-0.3, -0.25) is 4.79 Å². The van der Waals surface area contributed by atoms with E-state index >= 15 is 0 Å². The van der Waals surface area contributed by atoms with Crippen molar-refractivity contribution in [3.63, 3.8) is 0 Å². The second-order valence-corrected chi connectivity index (χ2v) is 8.25. The Morgan fingerprint density at radius 1 is 1.12 bits per heavy atom. The molecule has 2 aromatic rings. The van der Waals surface area contributed by atoms with Gasteiger partial charge in [0.15, 0.2) is 6.61 Å². The number of benzene rings is 2. The Labute approximate surface area is 156 Å². The molecule has 2 aromatic carbocycles. The van der Waals surface area contributed by atoms with Crippen LogP contribution in [0.25, 0.3) is 0 Å². The van der Waals surface area contributed by atoms with Gasteiger partial charge in [-0.1, -0.05) is 30.3 Å². The third-order valence-electron chi connectivity index (χ3n) is 3.80. The zero-order chi connectivity index (χ0) is 17.5. The van der Waals surface area contributed by atoms with Gasteiger partial charge in [-0.2, -0.15) is 0 Å². The van der Waals surface area contributed by atoms with Crippen molar-refractivity contribution in [2.24, 2.45) is 0 Å². The van der Waals surface area contributed by atoms with Crippen LogP contribution in [0.15, 0.2) is 48.5 Å². The van der Waals surface area contributed by atoms with Crippen LogP contribution in [0.4, 0.5) is 0 Å². The lowest BCUT2D eigenvalue weighted by molar-refractivity contribution is -0.123. The van der Waals surface area contributed by atoms with Crippen molar-refractivity contribution in [1.82, 2.24) is 5.32 Å². The van der Waals surface area contributed by atoms with Crippen LogP contribution in [0.3, 0.4) is 0 Å². The Kier molecular flexibility index (Phi) is 6.53. The summed E-state index contributed by atoms with van der Waals surface area (Å²) in [5.41, 5.74) is 2.19. The van der Waals surface area contributed by atoms with Crippen LogP contribution >= 0.6 is 23.5 Å². The molecule has 1 N–H and O–H groups in total. The molecule has 132 valence electrons. The Hall–Kier alpha value is -1.79. The van der Waals surface area contributed by atoms with Crippen LogP contribution in [0.1, 0.15) is 15.7 Å². The summed E-state index contributed by atoms with van der Waals surface area (Å²) < 4.78 is 11.3. The molecular weight excluding hydrogens is 354 g/mol. The van der Waals surface area contributed by atoms with E-state index in [9.17, 15) is 4.79 Å².